The molecule has 0 spiro atoms. The largest absolute Gasteiger partial charge is 0.272 e. The highest BCUT2D eigenvalue weighted by Crippen LogP contribution is 2.30. The van der Waals surface area contributed by atoms with E-state index in [0.29, 0.717) is 17.0 Å². The second-order valence-corrected chi connectivity index (χ2v) is 5.25. The summed E-state index contributed by atoms with van der Waals surface area (Å²) in [4.78, 5) is 23.3. The summed E-state index contributed by atoms with van der Waals surface area (Å²) in [6.07, 6.45) is 4.84. The third-order valence-corrected chi connectivity index (χ3v) is 3.85. The number of hydrogen-bond acceptors (Lipinski definition) is 6. The molecular formula is C14H10N4O2S. The maximum atomic E-state index is 11.0. The molecular weight excluding hydrogens is 288 g/mol. The fraction of sp³-hybridized carbons (Fsp3) is 0.0714. The number of hydrogen-bond donors (Lipinski definition) is 0. The number of nitrogens with zero attached hydrogens (tertiary/aromatic N) is 4. The highest BCUT2D eigenvalue weighted by molar-refractivity contribution is 7.13. The molecule has 0 aliphatic carbocycles. The van der Waals surface area contributed by atoms with Gasteiger partial charge < -0.3 is 0 Å². The van der Waals surface area contributed by atoms with E-state index < -0.39 is 0 Å². The van der Waals surface area contributed by atoms with Crippen LogP contribution in [-0.2, 0) is 0 Å². The van der Waals surface area contributed by atoms with Crippen molar-refractivity contribution in [3.63, 3.8) is 0 Å². The van der Waals surface area contributed by atoms with E-state index >= 15 is 0 Å². The Hall–Kier alpha value is -2.67. The topological polar surface area (TPSA) is 81.8 Å². The predicted molar refractivity (Wildman–Crippen MR) is 80.0 cm³/mol. The summed E-state index contributed by atoms with van der Waals surface area (Å²) >= 11 is 1.43. The first-order valence-electron chi connectivity index (χ1n) is 6.12. The molecule has 3 aromatic rings. The van der Waals surface area contributed by atoms with Gasteiger partial charge in [0.25, 0.3) is 5.69 Å². The molecule has 6 nitrogen and oxygen atoms in total. The maximum Gasteiger partial charge on any atom is 0.272 e. The van der Waals surface area contributed by atoms with E-state index in [-0.39, 0.29) is 10.6 Å². The summed E-state index contributed by atoms with van der Waals surface area (Å²) in [5, 5.41) is 13.6. The van der Waals surface area contributed by atoms with Gasteiger partial charge in [-0.15, -0.1) is 11.3 Å². The molecule has 0 bridgehead atoms. The smallest absolute Gasteiger partial charge is 0.261 e. The lowest BCUT2D eigenvalue weighted by Crippen LogP contribution is -1.92. The fourth-order valence-corrected chi connectivity index (χ4v) is 2.69. The van der Waals surface area contributed by atoms with Crippen molar-refractivity contribution in [1.82, 2.24) is 15.0 Å². The van der Waals surface area contributed by atoms with Crippen LogP contribution >= 0.6 is 11.3 Å². The minimum absolute atomic E-state index is 0.0987. The highest BCUT2D eigenvalue weighted by atomic mass is 32.1. The number of thiazole rings is 1. The van der Waals surface area contributed by atoms with Gasteiger partial charge in [0, 0.05) is 35.0 Å². The van der Waals surface area contributed by atoms with Crippen molar-refractivity contribution in [2.24, 2.45) is 0 Å². The van der Waals surface area contributed by atoms with Crippen molar-refractivity contribution < 1.29 is 4.92 Å². The maximum absolute atomic E-state index is 11.0. The van der Waals surface area contributed by atoms with Crippen molar-refractivity contribution >= 4 is 17.0 Å². The van der Waals surface area contributed by atoms with Crippen molar-refractivity contribution in [3.05, 3.63) is 57.8 Å². The fourth-order valence-electron chi connectivity index (χ4n) is 1.90. The summed E-state index contributed by atoms with van der Waals surface area (Å²) in [6, 6.07) is 5.11. The minimum atomic E-state index is -0.380. The standard InChI is InChI=1S/C14H10N4O2S/c1-9-2-3-10(6-13(9)18(19)20)12-8-21-14(17-12)11-7-15-4-5-16-11/h2-8H,1H3. The van der Waals surface area contributed by atoms with Crippen LogP contribution < -0.4 is 0 Å². The lowest BCUT2D eigenvalue weighted by Gasteiger charge is -2.00. The van der Waals surface area contributed by atoms with E-state index in [1.54, 1.807) is 37.6 Å². The van der Waals surface area contributed by atoms with Gasteiger partial charge in [-0.1, -0.05) is 12.1 Å². The number of nitro groups is 1. The molecule has 0 aliphatic rings. The van der Waals surface area contributed by atoms with Gasteiger partial charge in [0.05, 0.1) is 16.8 Å². The van der Waals surface area contributed by atoms with Gasteiger partial charge in [-0.3, -0.25) is 20.1 Å². The normalized spacial score (nSPS) is 10.5. The SMILES string of the molecule is Cc1ccc(-c2csc(-c3cnccn3)n2)cc1[N+](=O)[O-]. The van der Waals surface area contributed by atoms with Crippen molar-refractivity contribution in [1.29, 1.82) is 0 Å². The molecule has 21 heavy (non-hydrogen) atoms. The van der Waals surface area contributed by atoms with Crippen LogP contribution in [0.15, 0.2) is 42.2 Å². The van der Waals surface area contributed by atoms with Gasteiger partial charge in [0.15, 0.2) is 0 Å². The second-order valence-electron chi connectivity index (χ2n) is 4.39. The third kappa shape index (κ3) is 2.63. The van der Waals surface area contributed by atoms with E-state index in [2.05, 4.69) is 15.0 Å². The molecule has 0 amide bonds. The Labute approximate surface area is 124 Å². The Morgan fingerprint density at radius 3 is 2.81 bits per heavy atom. The van der Waals surface area contributed by atoms with Crippen molar-refractivity contribution in [2.75, 3.05) is 0 Å². The van der Waals surface area contributed by atoms with Crippen LogP contribution in [0, 0.1) is 17.0 Å². The van der Waals surface area contributed by atoms with Crippen LogP contribution in [0.2, 0.25) is 0 Å². The zero-order chi connectivity index (χ0) is 14.8. The zero-order valence-electron chi connectivity index (χ0n) is 11.1. The van der Waals surface area contributed by atoms with Gasteiger partial charge in [-0.05, 0) is 6.92 Å². The number of aryl methyl sites for hydroxylation is 1. The Morgan fingerprint density at radius 2 is 2.10 bits per heavy atom. The average molecular weight is 298 g/mol. The van der Waals surface area contributed by atoms with E-state index in [9.17, 15) is 10.1 Å². The number of benzene rings is 1. The summed E-state index contributed by atoms with van der Waals surface area (Å²) in [7, 11) is 0. The monoisotopic (exact) mass is 298 g/mol. The number of nitro benzene ring substituents is 1. The second kappa shape index (κ2) is 5.37. The molecule has 0 radical (unpaired) electrons. The van der Waals surface area contributed by atoms with E-state index in [1.807, 2.05) is 11.4 Å². The van der Waals surface area contributed by atoms with Crippen LogP contribution in [0.25, 0.3) is 22.0 Å². The van der Waals surface area contributed by atoms with E-state index in [0.717, 1.165) is 10.6 Å². The molecule has 0 saturated heterocycles. The number of aromatic nitrogens is 3. The average Bonchev–Trinajstić information content (AvgIpc) is 2.98. The van der Waals surface area contributed by atoms with Crippen LogP contribution in [0.4, 0.5) is 5.69 Å². The molecule has 0 saturated carbocycles. The first kappa shape index (κ1) is 13.3. The molecule has 104 valence electrons. The third-order valence-electron chi connectivity index (χ3n) is 2.99. The van der Waals surface area contributed by atoms with Gasteiger partial charge in [0.2, 0.25) is 0 Å². The first-order chi connectivity index (χ1) is 10.1. The van der Waals surface area contributed by atoms with Crippen molar-refractivity contribution in [3.8, 4) is 22.0 Å². The first-order valence-corrected chi connectivity index (χ1v) is 7.00. The van der Waals surface area contributed by atoms with Crippen LogP contribution in [0.3, 0.4) is 0 Å². The summed E-state index contributed by atoms with van der Waals surface area (Å²) in [6.45, 7) is 1.72. The molecule has 0 atom stereocenters. The van der Waals surface area contributed by atoms with Crippen molar-refractivity contribution in [2.45, 2.75) is 6.92 Å². The van der Waals surface area contributed by atoms with Crippen LogP contribution in [0.5, 0.6) is 0 Å². The van der Waals surface area contributed by atoms with Gasteiger partial charge >= 0.3 is 0 Å². The van der Waals surface area contributed by atoms with E-state index in [4.69, 9.17) is 0 Å². The predicted octanol–water partition coefficient (Wildman–Crippen LogP) is 3.48. The summed E-state index contributed by atoms with van der Waals surface area (Å²) < 4.78 is 0. The molecule has 0 fully saturated rings. The molecule has 0 aliphatic heterocycles. The van der Waals surface area contributed by atoms with E-state index in [1.165, 1.54) is 11.3 Å². The van der Waals surface area contributed by atoms with Gasteiger partial charge in [-0.25, -0.2) is 4.98 Å². The Balaban J connectivity index is 2.01. The molecule has 7 heteroatoms. The quantitative estimate of drug-likeness (QED) is 0.546. The van der Waals surface area contributed by atoms with Crippen LogP contribution in [0.1, 0.15) is 5.56 Å². The Bertz CT molecular complexity index is 802. The lowest BCUT2D eigenvalue weighted by molar-refractivity contribution is -0.385. The molecule has 2 heterocycles. The van der Waals surface area contributed by atoms with Crippen LogP contribution in [-0.4, -0.2) is 19.9 Å². The molecule has 0 N–H and O–H groups in total. The molecule has 1 aromatic carbocycles. The Morgan fingerprint density at radius 1 is 1.24 bits per heavy atom. The summed E-state index contributed by atoms with van der Waals surface area (Å²) in [5.41, 5.74) is 2.84. The number of rotatable bonds is 3. The molecule has 2 aromatic heterocycles. The zero-order valence-corrected chi connectivity index (χ0v) is 11.9. The minimum Gasteiger partial charge on any atom is -0.261 e. The Kier molecular flexibility index (Phi) is 3.41. The summed E-state index contributed by atoms with van der Waals surface area (Å²) in [5.74, 6) is 0. The lowest BCUT2D eigenvalue weighted by atomic mass is 10.1. The highest BCUT2D eigenvalue weighted by Gasteiger charge is 2.14. The van der Waals surface area contributed by atoms with Gasteiger partial charge in [0.1, 0.15) is 10.7 Å². The molecule has 0 unspecified atom stereocenters. The molecule has 3 rings (SSSR count). The van der Waals surface area contributed by atoms with Gasteiger partial charge in [-0.2, -0.15) is 0 Å².